The van der Waals surface area contributed by atoms with E-state index in [1.54, 1.807) is 0 Å². The summed E-state index contributed by atoms with van der Waals surface area (Å²) in [5.74, 6) is 1.60. The molecule has 0 amide bonds. The highest BCUT2D eigenvalue weighted by atomic mass is 16.6. The summed E-state index contributed by atoms with van der Waals surface area (Å²) in [5, 5.41) is 0. The van der Waals surface area contributed by atoms with Crippen molar-refractivity contribution in [1.82, 2.24) is 0 Å². The van der Waals surface area contributed by atoms with E-state index in [-0.39, 0.29) is 0 Å². The lowest BCUT2D eigenvalue weighted by molar-refractivity contribution is 0.0152. The predicted octanol–water partition coefficient (Wildman–Crippen LogP) is 1.20. The van der Waals surface area contributed by atoms with Crippen LogP contribution in [0.15, 0.2) is 0 Å². The van der Waals surface area contributed by atoms with E-state index >= 15 is 0 Å². The zero-order chi connectivity index (χ0) is 7.26. The summed E-state index contributed by atoms with van der Waals surface area (Å²) < 4.78 is 11.3. The van der Waals surface area contributed by atoms with Gasteiger partial charge in [-0.3, -0.25) is 0 Å². The Morgan fingerprint density at radius 3 is 2.91 bits per heavy atom. The highest BCUT2D eigenvalue weighted by Gasteiger charge is 2.48. The first-order valence-corrected chi connectivity index (χ1v) is 4.68. The van der Waals surface area contributed by atoms with E-state index in [4.69, 9.17) is 9.47 Å². The molecule has 3 aliphatic rings. The van der Waals surface area contributed by atoms with Crippen molar-refractivity contribution in [3.05, 3.63) is 0 Å². The molecule has 0 N–H and O–H groups in total. The molecule has 0 bridgehead atoms. The van der Waals surface area contributed by atoms with Gasteiger partial charge in [-0.1, -0.05) is 6.42 Å². The molecule has 2 saturated heterocycles. The van der Waals surface area contributed by atoms with Gasteiger partial charge in [0.1, 0.15) is 0 Å². The summed E-state index contributed by atoms with van der Waals surface area (Å²) >= 11 is 0. The smallest absolute Gasteiger partial charge is 0.0866 e. The van der Waals surface area contributed by atoms with E-state index in [1.165, 1.54) is 19.3 Å². The van der Waals surface area contributed by atoms with Crippen molar-refractivity contribution in [3.8, 4) is 0 Å². The average Bonchev–Trinajstić information content (AvgIpc) is 2.52. The molecule has 0 aromatic carbocycles. The lowest BCUT2D eigenvalue weighted by atomic mass is 9.90. The minimum Gasteiger partial charge on any atom is -0.378 e. The van der Waals surface area contributed by atoms with Crippen molar-refractivity contribution in [2.75, 3.05) is 13.2 Å². The monoisotopic (exact) mass is 154 g/mol. The van der Waals surface area contributed by atoms with Crippen LogP contribution in [0.25, 0.3) is 0 Å². The maximum absolute atomic E-state index is 5.88. The third-order valence-electron chi connectivity index (χ3n) is 3.47. The summed E-state index contributed by atoms with van der Waals surface area (Å²) in [4.78, 5) is 0. The van der Waals surface area contributed by atoms with Gasteiger partial charge < -0.3 is 9.47 Å². The molecule has 2 heterocycles. The Balaban J connectivity index is 1.84. The Morgan fingerprint density at radius 1 is 0.909 bits per heavy atom. The molecule has 1 aliphatic carbocycles. The number of hydrogen-bond acceptors (Lipinski definition) is 2. The Kier molecular flexibility index (Phi) is 1.29. The van der Waals surface area contributed by atoms with Crippen LogP contribution < -0.4 is 0 Å². The van der Waals surface area contributed by atoms with Gasteiger partial charge in [0.15, 0.2) is 0 Å². The van der Waals surface area contributed by atoms with Gasteiger partial charge in [0.2, 0.25) is 0 Å². The lowest BCUT2D eigenvalue weighted by Gasteiger charge is -2.11. The quantitative estimate of drug-likeness (QED) is 0.522. The normalized spacial score (nSPS) is 54.5. The predicted molar refractivity (Wildman–Crippen MR) is 40.3 cm³/mol. The van der Waals surface area contributed by atoms with Crippen molar-refractivity contribution in [3.63, 3.8) is 0 Å². The first-order valence-electron chi connectivity index (χ1n) is 4.68. The maximum Gasteiger partial charge on any atom is 0.0866 e. The third-order valence-corrected chi connectivity index (χ3v) is 3.47. The zero-order valence-corrected chi connectivity index (χ0v) is 6.66. The van der Waals surface area contributed by atoms with Crippen LogP contribution in [0, 0.1) is 11.8 Å². The van der Waals surface area contributed by atoms with E-state index in [0.717, 1.165) is 25.0 Å². The van der Waals surface area contributed by atoms with Crippen LogP contribution in [-0.4, -0.2) is 25.4 Å². The third kappa shape index (κ3) is 0.798. The molecule has 2 aliphatic heterocycles. The summed E-state index contributed by atoms with van der Waals surface area (Å²) in [7, 11) is 0. The van der Waals surface area contributed by atoms with Crippen LogP contribution in [0.1, 0.15) is 19.3 Å². The number of hydrogen-bond donors (Lipinski definition) is 0. The molecular formula is C9H14O2. The highest BCUT2D eigenvalue weighted by Crippen LogP contribution is 2.45. The maximum atomic E-state index is 5.88. The van der Waals surface area contributed by atoms with E-state index in [2.05, 4.69) is 0 Å². The minimum atomic E-state index is 0.463. The van der Waals surface area contributed by atoms with Crippen LogP contribution in [0.3, 0.4) is 0 Å². The van der Waals surface area contributed by atoms with Crippen molar-refractivity contribution in [2.24, 2.45) is 11.8 Å². The van der Waals surface area contributed by atoms with Crippen LogP contribution in [0.5, 0.6) is 0 Å². The second-order valence-corrected chi connectivity index (χ2v) is 4.01. The lowest BCUT2D eigenvalue weighted by Crippen LogP contribution is -2.17. The summed E-state index contributed by atoms with van der Waals surface area (Å²) in [6, 6.07) is 0. The number of fused-ring (bicyclic) bond motifs is 3. The second kappa shape index (κ2) is 2.20. The van der Waals surface area contributed by atoms with E-state index in [9.17, 15) is 0 Å². The van der Waals surface area contributed by atoms with Crippen LogP contribution in [-0.2, 0) is 9.47 Å². The fourth-order valence-corrected chi connectivity index (χ4v) is 2.93. The summed E-state index contributed by atoms with van der Waals surface area (Å²) in [5.41, 5.74) is 0. The molecule has 3 fully saturated rings. The molecule has 11 heavy (non-hydrogen) atoms. The molecule has 1 saturated carbocycles. The van der Waals surface area contributed by atoms with E-state index in [1.807, 2.05) is 0 Å². The van der Waals surface area contributed by atoms with Gasteiger partial charge in [0, 0.05) is 5.92 Å². The molecule has 2 heteroatoms. The fourth-order valence-electron chi connectivity index (χ4n) is 2.93. The Bertz CT molecular complexity index is 151. The first kappa shape index (κ1) is 6.44. The molecule has 0 radical (unpaired) electrons. The summed E-state index contributed by atoms with van der Waals surface area (Å²) in [6.45, 7) is 1.82. The highest BCUT2D eigenvalue weighted by molar-refractivity contribution is 4.96. The number of rotatable bonds is 0. The molecule has 2 nitrogen and oxygen atoms in total. The van der Waals surface area contributed by atoms with Gasteiger partial charge in [0.25, 0.3) is 0 Å². The molecule has 62 valence electrons. The Hall–Kier alpha value is -0.0800. The molecule has 3 rings (SSSR count). The van der Waals surface area contributed by atoms with Crippen LogP contribution >= 0.6 is 0 Å². The first-order chi connectivity index (χ1) is 5.45. The Morgan fingerprint density at radius 2 is 1.91 bits per heavy atom. The van der Waals surface area contributed by atoms with Gasteiger partial charge in [-0.15, -0.1) is 0 Å². The van der Waals surface area contributed by atoms with Crippen LogP contribution in [0.2, 0.25) is 0 Å². The molecule has 0 aromatic heterocycles. The van der Waals surface area contributed by atoms with E-state index < -0.39 is 0 Å². The molecule has 0 aromatic rings. The number of ether oxygens (including phenoxy) is 2. The SMILES string of the molecule is C1C[C@@H]2[C@H]3COC[C@H]3O[C@@H]2C1. The molecule has 4 atom stereocenters. The van der Waals surface area contributed by atoms with Gasteiger partial charge in [-0.2, -0.15) is 0 Å². The zero-order valence-electron chi connectivity index (χ0n) is 6.66. The Labute approximate surface area is 66.9 Å². The fraction of sp³-hybridized carbons (Fsp3) is 1.00. The van der Waals surface area contributed by atoms with Crippen molar-refractivity contribution in [2.45, 2.75) is 31.5 Å². The average molecular weight is 154 g/mol. The van der Waals surface area contributed by atoms with Crippen molar-refractivity contribution in [1.29, 1.82) is 0 Å². The minimum absolute atomic E-state index is 0.463. The molecule has 0 unspecified atom stereocenters. The van der Waals surface area contributed by atoms with Gasteiger partial charge in [0.05, 0.1) is 25.4 Å². The summed E-state index contributed by atoms with van der Waals surface area (Å²) in [6.07, 6.45) is 5.13. The van der Waals surface area contributed by atoms with Gasteiger partial charge >= 0.3 is 0 Å². The van der Waals surface area contributed by atoms with Crippen LogP contribution in [0.4, 0.5) is 0 Å². The van der Waals surface area contributed by atoms with Crippen molar-refractivity contribution >= 4 is 0 Å². The molecular weight excluding hydrogens is 140 g/mol. The standard InChI is InChI=1S/C9H14O2/c1-2-6-7-4-10-5-9(7)11-8(6)3-1/h6-9H,1-5H2/t6-,7-,8-,9-/m1/s1. The topological polar surface area (TPSA) is 18.5 Å². The van der Waals surface area contributed by atoms with Gasteiger partial charge in [-0.05, 0) is 18.8 Å². The van der Waals surface area contributed by atoms with Crippen molar-refractivity contribution < 1.29 is 9.47 Å². The molecule has 0 spiro atoms. The van der Waals surface area contributed by atoms with Gasteiger partial charge in [-0.25, -0.2) is 0 Å². The largest absolute Gasteiger partial charge is 0.378 e. The van der Waals surface area contributed by atoms with E-state index in [0.29, 0.717) is 12.2 Å². The second-order valence-electron chi connectivity index (χ2n) is 4.01.